The molecule has 5 nitrogen and oxygen atoms in total. The van der Waals surface area contributed by atoms with E-state index in [9.17, 15) is 0 Å². The SMILES string of the molecule is CCc1nc(N)nc(N(C)Cc2nccs2)c1C. The van der Waals surface area contributed by atoms with Crippen molar-refractivity contribution in [3.8, 4) is 0 Å². The number of hydrogen-bond donors (Lipinski definition) is 1. The molecule has 18 heavy (non-hydrogen) atoms. The number of nitrogens with zero attached hydrogens (tertiary/aromatic N) is 4. The molecule has 2 N–H and O–H groups in total. The number of thiazole rings is 1. The van der Waals surface area contributed by atoms with Crippen LogP contribution in [0.1, 0.15) is 23.2 Å². The van der Waals surface area contributed by atoms with Crippen LogP contribution in [0.2, 0.25) is 0 Å². The highest BCUT2D eigenvalue weighted by atomic mass is 32.1. The van der Waals surface area contributed by atoms with E-state index in [1.807, 2.05) is 25.5 Å². The minimum atomic E-state index is 0.332. The van der Waals surface area contributed by atoms with E-state index in [1.54, 1.807) is 11.3 Å². The number of aryl methyl sites for hydroxylation is 1. The Bertz CT molecular complexity index is 524. The molecule has 0 radical (unpaired) electrons. The highest BCUT2D eigenvalue weighted by Crippen LogP contribution is 2.22. The lowest BCUT2D eigenvalue weighted by Gasteiger charge is -2.20. The Kier molecular flexibility index (Phi) is 3.76. The van der Waals surface area contributed by atoms with E-state index in [0.717, 1.165) is 35.0 Å². The molecule has 2 aromatic heterocycles. The van der Waals surface area contributed by atoms with Gasteiger partial charge in [0.05, 0.1) is 12.2 Å². The van der Waals surface area contributed by atoms with E-state index < -0.39 is 0 Å². The Hall–Kier alpha value is -1.69. The van der Waals surface area contributed by atoms with Gasteiger partial charge >= 0.3 is 0 Å². The van der Waals surface area contributed by atoms with E-state index in [-0.39, 0.29) is 0 Å². The fraction of sp³-hybridized carbons (Fsp3) is 0.417. The van der Waals surface area contributed by atoms with Gasteiger partial charge in [-0.3, -0.25) is 0 Å². The molecule has 0 aliphatic heterocycles. The van der Waals surface area contributed by atoms with E-state index in [0.29, 0.717) is 5.95 Å². The molecule has 0 unspecified atom stereocenters. The number of rotatable bonds is 4. The molecule has 0 aliphatic carbocycles. The van der Waals surface area contributed by atoms with Gasteiger partial charge in [0.15, 0.2) is 0 Å². The summed E-state index contributed by atoms with van der Waals surface area (Å²) in [5, 5.41) is 3.04. The van der Waals surface area contributed by atoms with Crippen molar-refractivity contribution in [2.75, 3.05) is 17.7 Å². The Morgan fingerprint density at radius 2 is 2.17 bits per heavy atom. The van der Waals surface area contributed by atoms with Crippen LogP contribution in [0.4, 0.5) is 11.8 Å². The van der Waals surface area contributed by atoms with Crippen LogP contribution in [0.15, 0.2) is 11.6 Å². The van der Waals surface area contributed by atoms with Gasteiger partial charge < -0.3 is 10.6 Å². The van der Waals surface area contributed by atoms with Crippen LogP contribution >= 0.6 is 11.3 Å². The molecule has 0 saturated carbocycles. The average Bonchev–Trinajstić information content (AvgIpc) is 2.84. The molecular weight excluding hydrogens is 246 g/mol. The second kappa shape index (κ2) is 5.30. The van der Waals surface area contributed by atoms with Crippen molar-refractivity contribution in [3.05, 3.63) is 27.8 Å². The standard InChI is InChI=1S/C12H17N5S/c1-4-9-8(2)11(16-12(13)15-9)17(3)7-10-14-5-6-18-10/h5-6H,4,7H2,1-3H3,(H2,13,15,16). The van der Waals surface area contributed by atoms with Crippen molar-refractivity contribution in [3.63, 3.8) is 0 Å². The number of nitrogen functional groups attached to an aromatic ring is 1. The maximum atomic E-state index is 5.75. The summed E-state index contributed by atoms with van der Waals surface area (Å²) in [7, 11) is 2.00. The summed E-state index contributed by atoms with van der Waals surface area (Å²) in [6.45, 7) is 4.84. The third kappa shape index (κ3) is 2.59. The minimum absolute atomic E-state index is 0.332. The van der Waals surface area contributed by atoms with Crippen LogP contribution in [0.5, 0.6) is 0 Å². The van der Waals surface area contributed by atoms with Crippen molar-refractivity contribution < 1.29 is 0 Å². The van der Waals surface area contributed by atoms with Crippen LogP contribution in [0.25, 0.3) is 0 Å². The highest BCUT2D eigenvalue weighted by molar-refractivity contribution is 7.09. The summed E-state index contributed by atoms with van der Waals surface area (Å²) < 4.78 is 0. The van der Waals surface area contributed by atoms with Crippen molar-refractivity contribution in [1.29, 1.82) is 0 Å². The molecule has 6 heteroatoms. The first-order chi connectivity index (χ1) is 8.61. The highest BCUT2D eigenvalue weighted by Gasteiger charge is 2.13. The summed E-state index contributed by atoms with van der Waals surface area (Å²) in [6.07, 6.45) is 2.67. The van der Waals surface area contributed by atoms with E-state index in [1.165, 1.54) is 0 Å². The third-order valence-corrected chi connectivity index (χ3v) is 3.55. The number of aromatic nitrogens is 3. The number of hydrogen-bond acceptors (Lipinski definition) is 6. The Labute approximate surface area is 111 Å². The second-order valence-electron chi connectivity index (χ2n) is 4.11. The molecule has 96 valence electrons. The third-order valence-electron chi connectivity index (χ3n) is 2.79. The molecule has 0 atom stereocenters. The van der Waals surface area contributed by atoms with Gasteiger partial charge in [-0.2, -0.15) is 4.98 Å². The molecule has 0 aromatic carbocycles. The first-order valence-electron chi connectivity index (χ1n) is 5.84. The Balaban J connectivity index is 2.29. The summed E-state index contributed by atoms with van der Waals surface area (Å²) in [4.78, 5) is 14.9. The van der Waals surface area contributed by atoms with Crippen LogP contribution in [0.3, 0.4) is 0 Å². The van der Waals surface area contributed by atoms with Gasteiger partial charge in [0.25, 0.3) is 0 Å². The van der Waals surface area contributed by atoms with Crippen LogP contribution in [-0.4, -0.2) is 22.0 Å². The molecule has 2 rings (SSSR count). The first kappa shape index (κ1) is 12.8. The molecular formula is C12H17N5S. The monoisotopic (exact) mass is 263 g/mol. The topological polar surface area (TPSA) is 67.9 Å². The summed E-state index contributed by atoms with van der Waals surface area (Å²) in [5.74, 6) is 1.22. The van der Waals surface area contributed by atoms with Gasteiger partial charge in [-0.15, -0.1) is 11.3 Å². The average molecular weight is 263 g/mol. The normalized spacial score (nSPS) is 10.6. The van der Waals surface area contributed by atoms with Crippen LogP contribution in [-0.2, 0) is 13.0 Å². The predicted molar refractivity (Wildman–Crippen MR) is 74.8 cm³/mol. The lowest BCUT2D eigenvalue weighted by atomic mass is 10.2. The fourth-order valence-electron chi connectivity index (χ4n) is 1.89. The Morgan fingerprint density at radius 3 is 2.78 bits per heavy atom. The molecule has 0 spiro atoms. The summed E-state index contributed by atoms with van der Waals surface area (Å²) in [6, 6.07) is 0. The molecule has 0 fully saturated rings. The van der Waals surface area contributed by atoms with Gasteiger partial charge in [0.1, 0.15) is 10.8 Å². The summed E-state index contributed by atoms with van der Waals surface area (Å²) in [5.41, 5.74) is 7.85. The van der Waals surface area contributed by atoms with Gasteiger partial charge in [-0.25, -0.2) is 9.97 Å². The molecule has 0 saturated heterocycles. The quantitative estimate of drug-likeness (QED) is 0.914. The smallest absolute Gasteiger partial charge is 0.222 e. The van der Waals surface area contributed by atoms with Gasteiger partial charge in [-0.1, -0.05) is 6.92 Å². The summed E-state index contributed by atoms with van der Waals surface area (Å²) >= 11 is 1.64. The molecule has 0 aliphatic rings. The maximum absolute atomic E-state index is 5.75. The number of anilines is 2. The molecule has 0 amide bonds. The van der Waals surface area contributed by atoms with Crippen molar-refractivity contribution in [2.45, 2.75) is 26.8 Å². The van der Waals surface area contributed by atoms with E-state index >= 15 is 0 Å². The maximum Gasteiger partial charge on any atom is 0.222 e. The van der Waals surface area contributed by atoms with E-state index in [2.05, 4.69) is 26.8 Å². The van der Waals surface area contributed by atoms with Crippen LogP contribution < -0.4 is 10.6 Å². The predicted octanol–water partition coefficient (Wildman–Crippen LogP) is 2.02. The lowest BCUT2D eigenvalue weighted by Crippen LogP contribution is -2.20. The Morgan fingerprint density at radius 1 is 1.39 bits per heavy atom. The van der Waals surface area contributed by atoms with Crippen LogP contribution in [0, 0.1) is 6.92 Å². The van der Waals surface area contributed by atoms with Gasteiger partial charge in [0, 0.05) is 24.2 Å². The second-order valence-corrected chi connectivity index (χ2v) is 5.09. The van der Waals surface area contributed by atoms with Crippen molar-refractivity contribution >= 4 is 23.1 Å². The zero-order chi connectivity index (χ0) is 13.1. The van der Waals surface area contributed by atoms with E-state index in [4.69, 9.17) is 5.73 Å². The first-order valence-corrected chi connectivity index (χ1v) is 6.72. The molecule has 2 heterocycles. The molecule has 0 bridgehead atoms. The van der Waals surface area contributed by atoms with Gasteiger partial charge in [-0.05, 0) is 13.3 Å². The fourth-order valence-corrected chi connectivity index (χ4v) is 2.56. The zero-order valence-corrected chi connectivity index (χ0v) is 11.7. The minimum Gasteiger partial charge on any atom is -0.368 e. The number of nitrogens with two attached hydrogens (primary N) is 1. The largest absolute Gasteiger partial charge is 0.368 e. The molecule has 2 aromatic rings. The van der Waals surface area contributed by atoms with Crippen molar-refractivity contribution in [1.82, 2.24) is 15.0 Å². The van der Waals surface area contributed by atoms with Crippen molar-refractivity contribution in [2.24, 2.45) is 0 Å². The zero-order valence-electron chi connectivity index (χ0n) is 10.8. The lowest BCUT2D eigenvalue weighted by molar-refractivity contribution is 0.862. The van der Waals surface area contributed by atoms with Gasteiger partial charge in [0.2, 0.25) is 5.95 Å².